The first-order valence-corrected chi connectivity index (χ1v) is 9.17. The summed E-state index contributed by atoms with van der Waals surface area (Å²) in [5.41, 5.74) is 6.85. The van der Waals surface area contributed by atoms with Crippen LogP contribution in [0.4, 0.5) is 5.69 Å². The number of rotatable bonds is 9. The maximum atomic E-state index is 12.2. The number of aryl methyl sites for hydroxylation is 1. The van der Waals surface area contributed by atoms with Gasteiger partial charge in [0.25, 0.3) is 0 Å². The molecule has 0 fully saturated rings. The number of hydrogen-bond donors (Lipinski definition) is 2. The third-order valence-corrected chi connectivity index (χ3v) is 5.11. The van der Waals surface area contributed by atoms with Crippen LogP contribution in [0.25, 0.3) is 0 Å². The van der Waals surface area contributed by atoms with E-state index in [0.29, 0.717) is 17.8 Å². The molecular weight excluding hydrogens is 284 g/mol. The maximum absolute atomic E-state index is 12.2. The molecular formula is C16H28N2O2S. The van der Waals surface area contributed by atoms with E-state index in [2.05, 4.69) is 18.6 Å². The highest BCUT2D eigenvalue weighted by Gasteiger charge is 2.16. The normalized spacial score (nSPS) is 12.0. The Kier molecular flexibility index (Phi) is 7.18. The molecule has 5 heteroatoms. The number of nitrogen functional groups attached to an aromatic ring is 1. The molecule has 120 valence electrons. The van der Waals surface area contributed by atoms with E-state index < -0.39 is 10.0 Å². The summed E-state index contributed by atoms with van der Waals surface area (Å²) in [6.45, 7) is 6.71. The minimum absolute atomic E-state index is 0.280. The van der Waals surface area contributed by atoms with Gasteiger partial charge in [0.1, 0.15) is 0 Å². The summed E-state index contributed by atoms with van der Waals surface area (Å²) < 4.78 is 27.1. The summed E-state index contributed by atoms with van der Waals surface area (Å²) >= 11 is 0. The number of sulfonamides is 1. The summed E-state index contributed by atoms with van der Waals surface area (Å²) in [6, 6.07) is 4.96. The van der Waals surface area contributed by atoms with Crippen LogP contribution in [-0.2, 0) is 10.0 Å². The van der Waals surface area contributed by atoms with Gasteiger partial charge in [-0.3, -0.25) is 0 Å². The minimum Gasteiger partial charge on any atom is -0.399 e. The number of anilines is 1. The van der Waals surface area contributed by atoms with E-state index >= 15 is 0 Å². The van der Waals surface area contributed by atoms with Gasteiger partial charge in [-0.1, -0.05) is 45.6 Å². The van der Waals surface area contributed by atoms with Gasteiger partial charge in [0.2, 0.25) is 10.0 Å². The Labute approximate surface area is 129 Å². The van der Waals surface area contributed by atoms with Crippen molar-refractivity contribution in [2.75, 3.05) is 12.3 Å². The van der Waals surface area contributed by atoms with Crippen LogP contribution in [0, 0.1) is 12.8 Å². The molecule has 1 aromatic rings. The van der Waals surface area contributed by atoms with Crippen molar-refractivity contribution in [1.82, 2.24) is 4.72 Å². The van der Waals surface area contributed by atoms with Gasteiger partial charge in [-0.25, -0.2) is 13.1 Å². The Morgan fingerprint density at radius 2 is 1.81 bits per heavy atom. The predicted molar refractivity (Wildman–Crippen MR) is 88.7 cm³/mol. The molecule has 1 rings (SSSR count). The van der Waals surface area contributed by atoms with E-state index in [0.717, 1.165) is 25.2 Å². The molecule has 0 aliphatic rings. The second-order valence-electron chi connectivity index (χ2n) is 6.02. The zero-order chi connectivity index (χ0) is 15.9. The Morgan fingerprint density at radius 1 is 1.14 bits per heavy atom. The van der Waals surface area contributed by atoms with Crippen molar-refractivity contribution >= 4 is 15.7 Å². The Hall–Kier alpha value is -1.07. The lowest BCUT2D eigenvalue weighted by Crippen LogP contribution is -2.25. The summed E-state index contributed by atoms with van der Waals surface area (Å²) in [4.78, 5) is 0.280. The van der Waals surface area contributed by atoms with Gasteiger partial charge in [0.15, 0.2) is 0 Å². The van der Waals surface area contributed by atoms with E-state index in [4.69, 9.17) is 5.73 Å². The van der Waals surface area contributed by atoms with E-state index in [1.807, 2.05) is 0 Å². The highest BCUT2D eigenvalue weighted by Crippen LogP contribution is 2.18. The first kappa shape index (κ1) is 18.0. The minimum atomic E-state index is -3.45. The molecule has 0 bridgehead atoms. The fraction of sp³-hybridized carbons (Fsp3) is 0.625. The Morgan fingerprint density at radius 3 is 2.48 bits per heavy atom. The molecule has 0 saturated heterocycles. The van der Waals surface area contributed by atoms with Crippen molar-refractivity contribution in [2.24, 2.45) is 5.92 Å². The van der Waals surface area contributed by atoms with E-state index in [-0.39, 0.29) is 4.90 Å². The topological polar surface area (TPSA) is 72.2 Å². The lowest BCUT2D eigenvalue weighted by Gasteiger charge is -2.10. The van der Waals surface area contributed by atoms with Crippen LogP contribution >= 0.6 is 0 Å². The van der Waals surface area contributed by atoms with Gasteiger partial charge in [0.05, 0.1) is 4.90 Å². The highest BCUT2D eigenvalue weighted by atomic mass is 32.2. The number of nitrogens with one attached hydrogen (secondary N) is 1. The molecule has 1 aromatic carbocycles. The van der Waals surface area contributed by atoms with E-state index in [1.54, 1.807) is 19.1 Å². The smallest absolute Gasteiger partial charge is 0.240 e. The monoisotopic (exact) mass is 312 g/mol. The standard InChI is InChI=1S/C16H28N2O2S/c1-13(2)8-6-4-5-7-11-18-21(19,20)16-12-15(17)10-9-14(16)3/h9-10,12-13,18H,4-8,11,17H2,1-3H3. The summed E-state index contributed by atoms with van der Waals surface area (Å²) in [7, 11) is -3.45. The molecule has 0 aromatic heterocycles. The maximum Gasteiger partial charge on any atom is 0.240 e. The Bertz CT molecular complexity index is 539. The first-order chi connectivity index (χ1) is 9.83. The third-order valence-electron chi connectivity index (χ3n) is 3.50. The van der Waals surface area contributed by atoms with Crippen LogP contribution in [0.2, 0.25) is 0 Å². The number of hydrogen-bond acceptors (Lipinski definition) is 3. The Balaban J connectivity index is 2.38. The van der Waals surface area contributed by atoms with Crippen LogP contribution in [0.3, 0.4) is 0 Å². The second-order valence-corrected chi connectivity index (χ2v) is 7.75. The van der Waals surface area contributed by atoms with Gasteiger partial charge in [0, 0.05) is 12.2 Å². The van der Waals surface area contributed by atoms with Gasteiger partial charge >= 0.3 is 0 Å². The summed E-state index contributed by atoms with van der Waals surface area (Å²) in [6.07, 6.45) is 5.56. The molecule has 0 amide bonds. The fourth-order valence-corrected chi connectivity index (χ4v) is 3.57. The van der Waals surface area contributed by atoms with Crippen LogP contribution in [0.5, 0.6) is 0 Å². The zero-order valence-electron chi connectivity index (χ0n) is 13.4. The van der Waals surface area contributed by atoms with Gasteiger partial charge < -0.3 is 5.73 Å². The molecule has 4 nitrogen and oxygen atoms in total. The average molecular weight is 312 g/mol. The second kappa shape index (κ2) is 8.39. The number of benzene rings is 1. The van der Waals surface area contributed by atoms with Crippen molar-refractivity contribution in [2.45, 2.75) is 57.8 Å². The van der Waals surface area contributed by atoms with Crippen LogP contribution in [0.15, 0.2) is 23.1 Å². The van der Waals surface area contributed by atoms with Gasteiger partial charge in [-0.05, 0) is 37.0 Å². The quantitative estimate of drug-likeness (QED) is 0.542. The van der Waals surface area contributed by atoms with Crippen molar-refractivity contribution in [3.8, 4) is 0 Å². The lowest BCUT2D eigenvalue weighted by molar-refractivity contribution is 0.517. The molecule has 21 heavy (non-hydrogen) atoms. The van der Waals surface area contributed by atoms with Crippen molar-refractivity contribution in [1.29, 1.82) is 0 Å². The third kappa shape index (κ3) is 6.48. The average Bonchev–Trinajstić information content (AvgIpc) is 2.40. The largest absolute Gasteiger partial charge is 0.399 e. The zero-order valence-corrected chi connectivity index (χ0v) is 14.2. The highest BCUT2D eigenvalue weighted by molar-refractivity contribution is 7.89. The molecule has 0 unspecified atom stereocenters. The molecule has 3 N–H and O–H groups in total. The van der Waals surface area contributed by atoms with Crippen molar-refractivity contribution in [3.05, 3.63) is 23.8 Å². The fourth-order valence-electron chi connectivity index (χ4n) is 2.22. The van der Waals surface area contributed by atoms with Gasteiger partial charge in [-0.2, -0.15) is 0 Å². The van der Waals surface area contributed by atoms with Crippen molar-refractivity contribution < 1.29 is 8.42 Å². The van der Waals surface area contributed by atoms with E-state index in [9.17, 15) is 8.42 Å². The number of unbranched alkanes of at least 4 members (excludes halogenated alkanes) is 3. The predicted octanol–water partition coefficient (Wildman–Crippen LogP) is 3.46. The van der Waals surface area contributed by atoms with Crippen LogP contribution in [0.1, 0.15) is 51.5 Å². The molecule has 0 aliphatic carbocycles. The molecule has 0 radical (unpaired) electrons. The van der Waals surface area contributed by atoms with Crippen LogP contribution < -0.4 is 10.5 Å². The van der Waals surface area contributed by atoms with Crippen molar-refractivity contribution in [3.63, 3.8) is 0 Å². The van der Waals surface area contributed by atoms with Crippen LogP contribution in [-0.4, -0.2) is 15.0 Å². The summed E-state index contributed by atoms with van der Waals surface area (Å²) in [5.74, 6) is 0.745. The molecule has 0 spiro atoms. The van der Waals surface area contributed by atoms with Gasteiger partial charge in [-0.15, -0.1) is 0 Å². The molecule has 0 atom stereocenters. The molecule has 0 heterocycles. The van der Waals surface area contributed by atoms with E-state index in [1.165, 1.54) is 18.9 Å². The summed E-state index contributed by atoms with van der Waals surface area (Å²) in [5, 5.41) is 0. The molecule has 0 saturated carbocycles. The number of nitrogens with two attached hydrogens (primary N) is 1. The first-order valence-electron chi connectivity index (χ1n) is 7.68. The molecule has 0 aliphatic heterocycles. The SMILES string of the molecule is Cc1ccc(N)cc1S(=O)(=O)NCCCCCCC(C)C. The lowest BCUT2D eigenvalue weighted by atomic mass is 10.0.